The van der Waals surface area contributed by atoms with E-state index in [1.165, 1.54) is 33.1 Å². The molecule has 0 aromatic rings. The quantitative estimate of drug-likeness (QED) is 0.356. The number of hydrogen-bond acceptors (Lipinski definition) is 4. The number of carbonyl (C=O) groups is 2. The molecule has 1 atom stereocenters. The van der Waals surface area contributed by atoms with Gasteiger partial charge in [-0.2, -0.15) is 0 Å². The van der Waals surface area contributed by atoms with Crippen LogP contribution in [0, 0.1) is 0 Å². The number of aliphatic hydroxyl groups excluding tert-OH is 2. The second-order valence-electron chi connectivity index (χ2n) is 5.65. The summed E-state index contributed by atoms with van der Waals surface area (Å²) in [5.41, 5.74) is 0.352. The Kier molecular flexibility index (Phi) is 22.0. The maximum absolute atomic E-state index is 9.60. The third kappa shape index (κ3) is 32.3. The Hall–Kier alpha value is -1.66. The van der Waals surface area contributed by atoms with Crippen LogP contribution >= 0.6 is 0 Å². The van der Waals surface area contributed by atoms with Crippen LogP contribution in [0.5, 0.6) is 0 Å². The Balaban J connectivity index is -0.000000309. The minimum absolute atomic E-state index is 0.137. The topological polar surface area (TPSA) is 115 Å². The molecule has 0 aromatic carbocycles. The molecular weight excluding hydrogens is 312 g/mol. The van der Waals surface area contributed by atoms with Crippen LogP contribution in [0.4, 0.5) is 0 Å². The minimum atomic E-state index is -0.935. The van der Waals surface area contributed by atoms with Crippen molar-refractivity contribution in [1.29, 1.82) is 0 Å². The Bertz CT molecular complexity index is 313. The van der Waals surface area contributed by atoms with E-state index >= 15 is 0 Å². The van der Waals surface area contributed by atoms with Crippen molar-refractivity contribution < 1.29 is 30.0 Å². The first kappa shape index (κ1) is 27.2. The lowest BCUT2D eigenvalue weighted by Gasteiger charge is -2.03. The fourth-order valence-electron chi connectivity index (χ4n) is 1.26. The lowest BCUT2D eigenvalue weighted by molar-refractivity contribution is -0.133. The number of carboxylic acid groups (broad SMARTS) is 2. The molecule has 0 saturated carbocycles. The Morgan fingerprint density at radius 3 is 1.38 bits per heavy atom. The molecule has 0 saturated heterocycles. The van der Waals surface area contributed by atoms with Crippen molar-refractivity contribution in [2.75, 3.05) is 6.61 Å². The molecule has 0 aromatic heterocycles. The van der Waals surface area contributed by atoms with Crippen LogP contribution in [0.1, 0.15) is 65.7 Å². The number of hydrogen-bond donors (Lipinski definition) is 4. The monoisotopic (exact) mass is 346 g/mol. The molecule has 0 radical (unpaired) electrons. The second kappa shape index (κ2) is 19.4. The first-order valence-electron chi connectivity index (χ1n) is 8.12. The second-order valence-corrected chi connectivity index (χ2v) is 5.65. The zero-order valence-electron chi connectivity index (χ0n) is 15.3. The van der Waals surface area contributed by atoms with Crippen molar-refractivity contribution in [3.63, 3.8) is 0 Å². The SMILES string of the molecule is C=C(C)C(=O)O.C=C(C)C(=O)O.CC(O)CCCCCCCCO. The van der Waals surface area contributed by atoms with E-state index in [-0.39, 0.29) is 17.3 Å². The average molecular weight is 346 g/mol. The number of aliphatic hydroxyl groups is 2. The molecule has 0 bridgehead atoms. The molecule has 0 fully saturated rings. The van der Waals surface area contributed by atoms with Crippen LogP contribution in [-0.2, 0) is 9.59 Å². The van der Waals surface area contributed by atoms with Gasteiger partial charge in [0, 0.05) is 17.8 Å². The number of aliphatic carboxylic acids is 2. The van der Waals surface area contributed by atoms with Crippen LogP contribution in [0.3, 0.4) is 0 Å². The summed E-state index contributed by atoms with van der Waals surface area (Å²) in [7, 11) is 0. The third-order valence-electron chi connectivity index (χ3n) is 2.76. The van der Waals surface area contributed by atoms with Crippen LogP contribution in [0.2, 0.25) is 0 Å². The molecular formula is C18H34O6. The molecule has 142 valence electrons. The van der Waals surface area contributed by atoms with Gasteiger partial charge in [0.2, 0.25) is 0 Å². The first-order chi connectivity index (χ1) is 11.1. The van der Waals surface area contributed by atoms with Crippen LogP contribution in [0.25, 0.3) is 0 Å². The Labute approximate surface area is 145 Å². The van der Waals surface area contributed by atoms with Gasteiger partial charge in [-0.3, -0.25) is 0 Å². The van der Waals surface area contributed by atoms with E-state index in [9.17, 15) is 9.59 Å². The third-order valence-corrected chi connectivity index (χ3v) is 2.76. The predicted octanol–water partition coefficient (Wildman–Crippen LogP) is 3.38. The van der Waals surface area contributed by atoms with Gasteiger partial charge in [-0.25, -0.2) is 9.59 Å². The van der Waals surface area contributed by atoms with E-state index in [0.717, 1.165) is 25.7 Å². The summed E-state index contributed by atoms with van der Waals surface area (Å²) in [6, 6.07) is 0. The molecule has 1 unspecified atom stereocenters. The van der Waals surface area contributed by atoms with Gasteiger partial charge in [-0.15, -0.1) is 0 Å². The highest BCUT2D eigenvalue weighted by molar-refractivity contribution is 5.85. The van der Waals surface area contributed by atoms with Crippen molar-refractivity contribution in [2.45, 2.75) is 71.8 Å². The van der Waals surface area contributed by atoms with Crippen molar-refractivity contribution in [1.82, 2.24) is 0 Å². The van der Waals surface area contributed by atoms with Gasteiger partial charge in [-0.1, -0.05) is 45.3 Å². The highest BCUT2D eigenvalue weighted by Crippen LogP contribution is 2.08. The zero-order valence-corrected chi connectivity index (χ0v) is 15.3. The van der Waals surface area contributed by atoms with Gasteiger partial charge in [-0.05, 0) is 33.6 Å². The fourth-order valence-corrected chi connectivity index (χ4v) is 1.26. The molecule has 0 heterocycles. The zero-order chi connectivity index (χ0) is 19.5. The molecule has 0 aliphatic rings. The van der Waals surface area contributed by atoms with E-state index in [1.807, 2.05) is 6.92 Å². The maximum atomic E-state index is 9.60. The smallest absolute Gasteiger partial charge is 0.330 e. The van der Waals surface area contributed by atoms with Crippen molar-refractivity contribution >= 4 is 11.9 Å². The van der Waals surface area contributed by atoms with Crippen molar-refractivity contribution in [3.8, 4) is 0 Å². The highest BCUT2D eigenvalue weighted by Gasteiger charge is 1.95. The number of carboxylic acids is 2. The summed E-state index contributed by atoms with van der Waals surface area (Å²) in [6.07, 6.45) is 7.70. The van der Waals surface area contributed by atoms with E-state index in [1.54, 1.807) is 0 Å². The Morgan fingerprint density at radius 2 is 1.12 bits per heavy atom. The summed E-state index contributed by atoms with van der Waals surface area (Å²) in [5, 5.41) is 33.3. The van der Waals surface area contributed by atoms with Crippen LogP contribution < -0.4 is 0 Å². The summed E-state index contributed by atoms with van der Waals surface area (Å²) in [5.74, 6) is -1.87. The highest BCUT2D eigenvalue weighted by atomic mass is 16.4. The van der Waals surface area contributed by atoms with Crippen LogP contribution in [0.15, 0.2) is 24.3 Å². The number of unbranched alkanes of at least 4 members (excludes halogenated alkanes) is 5. The summed E-state index contributed by atoms with van der Waals surface area (Å²) in [4.78, 5) is 19.2. The minimum Gasteiger partial charge on any atom is -0.478 e. The lowest BCUT2D eigenvalue weighted by Crippen LogP contribution is -1.98. The van der Waals surface area contributed by atoms with E-state index < -0.39 is 11.9 Å². The summed E-state index contributed by atoms with van der Waals surface area (Å²) < 4.78 is 0. The van der Waals surface area contributed by atoms with Gasteiger partial charge in [0.05, 0.1) is 6.10 Å². The van der Waals surface area contributed by atoms with E-state index in [2.05, 4.69) is 13.2 Å². The van der Waals surface area contributed by atoms with Crippen LogP contribution in [-0.4, -0.2) is 45.1 Å². The fraction of sp³-hybridized carbons (Fsp3) is 0.667. The van der Waals surface area contributed by atoms with Gasteiger partial charge >= 0.3 is 11.9 Å². The van der Waals surface area contributed by atoms with Gasteiger partial charge in [0.15, 0.2) is 0 Å². The number of rotatable bonds is 10. The lowest BCUT2D eigenvalue weighted by atomic mass is 10.1. The maximum Gasteiger partial charge on any atom is 0.330 e. The van der Waals surface area contributed by atoms with E-state index in [0.29, 0.717) is 6.61 Å². The molecule has 0 amide bonds. The molecule has 0 rings (SSSR count). The normalized spacial score (nSPS) is 10.4. The first-order valence-corrected chi connectivity index (χ1v) is 8.12. The molecule has 4 N–H and O–H groups in total. The molecule has 24 heavy (non-hydrogen) atoms. The predicted molar refractivity (Wildman–Crippen MR) is 96.0 cm³/mol. The molecule has 0 aliphatic carbocycles. The molecule has 6 heteroatoms. The van der Waals surface area contributed by atoms with Gasteiger partial charge in [0.1, 0.15) is 0 Å². The van der Waals surface area contributed by atoms with Crippen molar-refractivity contribution in [3.05, 3.63) is 24.3 Å². The Morgan fingerprint density at radius 1 is 0.833 bits per heavy atom. The van der Waals surface area contributed by atoms with E-state index in [4.69, 9.17) is 20.4 Å². The standard InChI is InChI=1S/C10H22O2.2C4H6O2/c1-10(12)8-6-4-2-3-5-7-9-11;2*1-3(2)4(5)6/h10-12H,2-9H2,1H3;2*1H2,2H3,(H,5,6). The summed E-state index contributed by atoms with van der Waals surface area (Å²) in [6.45, 7) is 11.4. The summed E-state index contributed by atoms with van der Waals surface area (Å²) >= 11 is 0. The molecule has 6 nitrogen and oxygen atoms in total. The average Bonchev–Trinajstić information content (AvgIpc) is 2.47. The molecule has 0 spiro atoms. The van der Waals surface area contributed by atoms with Crippen molar-refractivity contribution in [2.24, 2.45) is 0 Å². The largest absolute Gasteiger partial charge is 0.478 e. The molecule has 0 aliphatic heterocycles. The van der Waals surface area contributed by atoms with Gasteiger partial charge in [0.25, 0.3) is 0 Å². The van der Waals surface area contributed by atoms with Gasteiger partial charge < -0.3 is 20.4 Å².